The van der Waals surface area contributed by atoms with Gasteiger partial charge in [0.2, 0.25) is 5.91 Å². The number of hydrogen-bond acceptors (Lipinski definition) is 6. The zero-order chi connectivity index (χ0) is 23.9. The van der Waals surface area contributed by atoms with E-state index >= 15 is 0 Å². The summed E-state index contributed by atoms with van der Waals surface area (Å²) in [6.07, 6.45) is 3.33. The third-order valence-corrected chi connectivity index (χ3v) is 5.54. The molecule has 34 heavy (non-hydrogen) atoms. The number of benzene rings is 2. The van der Waals surface area contributed by atoms with E-state index in [-0.39, 0.29) is 11.8 Å². The first kappa shape index (κ1) is 22.8. The lowest BCUT2D eigenvalue weighted by molar-refractivity contribution is -0.118. The zero-order valence-corrected chi connectivity index (χ0v) is 19.0. The second-order valence-corrected chi connectivity index (χ2v) is 8.03. The van der Waals surface area contributed by atoms with Crippen molar-refractivity contribution in [1.29, 1.82) is 5.26 Å². The number of nitriles is 1. The van der Waals surface area contributed by atoms with E-state index in [4.69, 9.17) is 5.26 Å². The molecule has 1 amide bonds. The predicted octanol–water partition coefficient (Wildman–Crippen LogP) is 3.82. The van der Waals surface area contributed by atoms with E-state index in [1.807, 2.05) is 60.7 Å². The summed E-state index contributed by atoms with van der Waals surface area (Å²) in [6.45, 7) is 2.67. The maximum Gasteiger partial charge on any atom is 0.247 e. The minimum atomic E-state index is -0.552. The van der Waals surface area contributed by atoms with Gasteiger partial charge in [0.05, 0.1) is 17.8 Å². The molecule has 2 heterocycles. The number of amides is 1. The second kappa shape index (κ2) is 10.5. The fraction of sp³-hybridized carbons (Fsp3) is 0.192. The SMILES string of the molecule is C[C@H](CN[C@H](C(=O)Nc1ccc(-c2cnn(C)n2)cn1)c1ccccc1)c1ccc(C#N)cc1. The third kappa shape index (κ3) is 5.52. The summed E-state index contributed by atoms with van der Waals surface area (Å²) in [4.78, 5) is 19.1. The molecule has 0 spiro atoms. The summed E-state index contributed by atoms with van der Waals surface area (Å²) in [7, 11) is 1.75. The average Bonchev–Trinajstić information content (AvgIpc) is 3.31. The van der Waals surface area contributed by atoms with Gasteiger partial charge in [0.25, 0.3) is 0 Å². The average molecular weight is 452 g/mol. The molecule has 0 aliphatic rings. The number of aryl methyl sites for hydroxylation is 1. The van der Waals surface area contributed by atoms with Crippen molar-refractivity contribution in [3.8, 4) is 17.3 Å². The number of carbonyl (C=O) groups excluding carboxylic acids is 1. The van der Waals surface area contributed by atoms with Gasteiger partial charge in [-0.15, -0.1) is 0 Å². The van der Waals surface area contributed by atoms with Crippen molar-refractivity contribution < 1.29 is 4.79 Å². The highest BCUT2D eigenvalue weighted by molar-refractivity contribution is 5.94. The largest absolute Gasteiger partial charge is 0.309 e. The Morgan fingerprint density at radius 1 is 1.03 bits per heavy atom. The van der Waals surface area contributed by atoms with Gasteiger partial charge < -0.3 is 10.6 Å². The van der Waals surface area contributed by atoms with Crippen LogP contribution in [0, 0.1) is 11.3 Å². The molecule has 0 fully saturated rings. The Kier molecular flexibility index (Phi) is 7.06. The van der Waals surface area contributed by atoms with Crippen LogP contribution < -0.4 is 10.6 Å². The Labute approximate surface area is 198 Å². The molecule has 8 heteroatoms. The topological polar surface area (TPSA) is 109 Å². The smallest absolute Gasteiger partial charge is 0.247 e. The van der Waals surface area contributed by atoms with Crippen molar-refractivity contribution in [2.45, 2.75) is 18.9 Å². The van der Waals surface area contributed by atoms with Crippen molar-refractivity contribution >= 4 is 11.7 Å². The molecule has 4 aromatic rings. The van der Waals surface area contributed by atoms with E-state index in [0.717, 1.165) is 16.7 Å². The molecule has 0 saturated carbocycles. The molecular weight excluding hydrogens is 426 g/mol. The summed E-state index contributed by atoms with van der Waals surface area (Å²) < 4.78 is 0. The van der Waals surface area contributed by atoms with Crippen LogP contribution in [0.3, 0.4) is 0 Å². The molecule has 0 saturated heterocycles. The molecule has 0 bridgehead atoms. The summed E-state index contributed by atoms with van der Waals surface area (Å²) in [5, 5.41) is 23.7. The minimum absolute atomic E-state index is 0.149. The Hall–Kier alpha value is -4.35. The van der Waals surface area contributed by atoms with E-state index in [1.54, 1.807) is 25.5 Å². The van der Waals surface area contributed by atoms with Gasteiger partial charge in [-0.1, -0.05) is 49.4 Å². The maximum atomic E-state index is 13.2. The Bertz CT molecular complexity index is 1280. The molecule has 8 nitrogen and oxygen atoms in total. The van der Waals surface area contributed by atoms with E-state index in [9.17, 15) is 4.79 Å². The number of pyridine rings is 1. The van der Waals surface area contributed by atoms with Crippen LogP contribution in [-0.2, 0) is 11.8 Å². The molecule has 170 valence electrons. The van der Waals surface area contributed by atoms with Crippen molar-refractivity contribution in [2.24, 2.45) is 7.05 Å². The number of anilines is 1. The lowest BCUT2D eigenvalue weighted by Gasteiger charge is -2.21. The predicted molar refractivity (Wildman–Crippen MR) is 130 cm³/mol. The molecule has 2 aromatic carbocycles. The van der Waals surface area contributed by atoms with Gasteiger partial charge in [0, 0.05) is 25.4 Å². The molecule has 0 radical (unpaired) electrons. The first-order chi connectivity index (χ1) is 16.5. The van der Waals surface area contributed by atoms with Crippen molar-refractivity contribution in [3.05, 3.63) is 95.8 Å². The minimum Gasteiger partial charge on any atom is -0.309 e. The van der Waals surface area contributed by atoms with Crippen LogP contribution in [0.1, 0.15) is 35.6 Å². The number of hydrogen-bond donors (Lipinski definition) is 2. The first-order valence-electron chi connectivity index (χ1n) is 11.0. The Morgan fingerprint density at radius 3 is 2.41 bits per heavy atom. The van der Waals surface area contributed by atoms with Crippen LogP contribution in [0.4, 0.5) is 5.82 Å². The molecule has 2 N–H and O–H groups in total. The van der Waals surface area contributed by atoms with Crippen molar-refractivity contribution in [2.75, 3.05) is 11.9 Å². The first-order valence-corrected chi connectivity index (χ1v) is 11.0. The number of rotatable bonds is 8. The van der Waals surface area contributed by atoms with Gasteiger partial charge >= 0.3 is 0 Å². The number of nitrogens with one attached hydrogen (secondary N) is 2. The van der Waals surface area contributed by atoms with E-state index in [2.05, 4.69) is 38.8 Å². The maximum absolute atomic E-state index is 13.2. The van der Waals surface area contributed by atoms with E-state index in [1.165, 1.54) is 4.80 Å². The van der Waals surface area contributed by atoms with Crippen molar-refractivity contribution in [3.63, 3.8) is 0 Å². The van der Waals surface area contributed by atoms with E-state index in [0.29, 0.717) is 23.6 Å². The zero-order valence-electron chi connectivity index (χ0n) is 19.0. The normalized spacial score (nSPS) is 12.5. The number of carbonyl (C=O) groups is 1. The lowest BCUT2D eigenvalue weighted by Crippen LogP contribution is -2.35. The fourth-order valence-electron chi connectivity index (χ4n) is 3.60. The quantitative estimate of drug-likeness (QED) is 0.422. The lowest BCUT2D eigenvalue weighted by atomic mass is 9.98. The van der Waals surface area contributed by atoms with E-state index < -0.39 is 6.04 Å². The Morgan fingerprint density at radius 2 is 1.79 bits per heavy atom. The second-order valence-electron chi connectivity index (χ2n) is 8.03. The van der Waals surface area contributed by atoms with Gasteiger partial charge in [-0.3, -0.25) is 4.79 Å². The highest BCUT2D eigenvalue weighted by Crippen LogP contribution is 2.21. The van der Waals surface area contributed by atoms with Crippen LogP contribution in [0.2, 0.25) is 0 Å². The van der Waals surface area contributed by atoms with Crippen molar-refractivity contribution in [1.82, 2.24) is 25.3 Å². The molecule has 2 atom stereocenters. The summed E-state index contributed by atoms with van der Waals surface area (Å²) in [5.41, 5.74) is 4.13. The van der Waals surface area contributed by atoms with Gasteiger partial charge in [-0.05, 0) is 41.3 Å². The van der Waals surface area contributed by atoms with Crippen LogP contribution in [0.15, 0.2) is 79.1 Å². The van der Waals surface area contributed by atoms with Crippen LogP contribution in [0.25, 0.3) is 11.3 Å². The van der Waals surface area contributed by atoms with Gasteiger partial charge in [0.15, 0.2) is 0 Å². The van der Waals surface area contributed by atoms with Crippen LogP contribution in [-0.4, -0.2) is 32.4 Å². The monoisotopic (exact) mass is 451 g/mol. The standard InChI is InChI=1S/C26H25N7O/c1-18(20-10-8-19(14-27)9-11-20)15-29-25(21-6-4-3-5-7-21)26(34)31-24-13-12-22(16-28-24)23-17-30-33(2)32-23/h3-13,16-18,25,29H,15H2,1-2H3,(H,28,31,34)/t18-,25+/m1/s1. The molecule has 0 aliphatic heterocycles. The summed E-state index contributed by atoms with van der Waals surface area (Å²) in [5.74, 6) is 0.412. The number of aromatic nitrogens is 4. The highest BCUT2D eigenvalue weighted by atomic mass is 16.2. The highest BCUT2D eigenvalue weighted by Gasteiger charge is 2.22. The summed E-state index contributed by atoms with van der Waals surface area (Å²) >= 11 is 0. The Balaban J connectivity index is 1.46. The van der Waals surface area contributed by atoms with Gasteiger partial charge in [-0.2, -0.15) is 20.3 Å². The molecule has 0 aliphatic carbocycles. The fourth-order valence-corrected chi connectivity index (χ4v) is 3.60. The van der Waals surface area contributed by atoms with Crippen LogP contribution >= 0.6 is 0 Å². The summed E-state index contributed by atoms with van der Waals surface area (Å²) in [6, 6.07) is 22.3. The van der Waals surface area contributed by atoms with Gasteiger partial charge in [0.1, 0.15) is 17.6 Å². The van der Waals surface area contributed by atoms with Gasteiger partial charge in [-0.25, -0.2) is 4.98 Å². The van der Waals surface area contributed by atoms with Crippen LogP contribution in [0.5, 0.6) is 0 Å². The molecular formula is C26H25N7O. The molecule has 4 rings (SSSR count). The number of nitrogens with zero attached hydrogens (tertiary/aromatic N) is 5. The molecule has 0 unspecified atom stereocenters. The molecule has 2 aromatic heterocycles. The third-order valence-electron chi connectivity index (χ3n) is 5.54.